The molecule has 0 aliphatic heterocycles. The molecule has 0 heterocycles. The molecule has 0 amide bonds. The minimum Gasteiger partial charge on any atom is -0.372 e. The molecular weight excluding hydrogens is 184 g/mol. The van der Waals surface area contributed by atoms with E-state index in [0.717, 1.165) is 26.1 Å². The maximum Gasteiger partial charge on any atom is 0.0399 e. The Labute approximate surface area is 93.1 Å². The van der Waals surface area contributed by atoms with Gasteiger partial charge in [-0.3, -0.25) is 0 Å². The van der Waals surface area contributed by atoms with Crippen LogP contribution in [0.25, 0.3) is 0 Å². The molecule has 0 atom stereocenters. The summed E-state index contributed by atoms with van der Waals surface area (Å²) in [6.45, 7) is 7.33. The molecule has 2 N–H and O–H groups in total. The smallest absolute Gasteiger partial charge is 0.0399 e. The highest BCUT2D eigenvalue weighted by atomic mass is 15.1. The third-order valence-corrected chi connectivity index (χ3v) is 2.62. The first-order chi connectivity index (χ1) is 7.33. The van der Waals surface area contributed by atoms with E-state index in [0.29, 0.717) is 0 Å². The minimum atomic E-state index is 0.723. The van der Waals surface area contributed by atoms with Crippen LogP contribution in [0.3, 0.4) is 0 Å². The molecule has 1 aromatic rings. The number of rotatable bonds is 6. The van der Waals surface area contributed by atoms with Gasteiger partial charge in [0, 0.05) is 18.8 Å². The van der Waals surface area contributed by atoms with E-state index >= 15 is 0 Å². The Kier molecular flexibility index (Phi) is 5.19. The van der Waals surface area contributed by atoms with Gasteiger partial charge in [-0.25, -0.2) is 0 Å². The number of anilines is 1. The molecule has 0 fully saturated rings. The third kappa shape index (κ3) is 3.24. The first-order valence-electron chi connectivity index (χ1n) is 5.86. The number of nitrogens with two attached hydrogens (primary N) is 1. The summed E-state index contributed by atoms with van der Waals surface area (Å²) in [5.74, 6) is 0. The van der Waals surface area contributed by atoms with Gasteiger partial charge in [-0.1, -0.05) is 25.1 Å². The Morgan fingerprint density at radius 2 is 1.93 bits per heavy atom. The molecule has 0 bridgehead atoms. The lowest BCUT2D eigenvalue weighted by atomic mass is 10.1. The quantitative estimate of drug-likeness (QED) is 0.774. The summed E-state index contributed by atoms with van der Waals surface area (Å²) in [6, 6.07) is 8.58. The molecule has 2 nitrogen and oxygen atoms in total. The van der Waals surface area contributed by atoms with E-state index in [-0.39, 0.29) is 0 Å². The molecule has 0 unspecified atom stereocenters. The minimum absolute atomic E-state index is 0.723. The van der Waals surface area contributed by atoms with Crippen LogP contribution in [0.1, 0.15) is 25.8 Å². The van der Waals surface area contributed by atoms with Gasteiger partial charge in [0.15, 0.2) is 0 Å². The van der Waals surface area contributed by atoms with Crippen molar-refractivity contribution >= 4 is 5.69 Å². The van der Waals surface area contributed by atoms with Crippen LogP contribution in [-0.2, 0) is 6.42 Å². The standard InChI is InChI=1S/C13H22N2/c1-3-11-15(4-2)13-8-6-5-7-12(13)9-10-14/h5-8H,3-4,9-11,14H2,1-2H3. The van der Waals surface area contributed by atoms with Crippen molar-refractivity contribution in [1.82, 2.24) is 0 Å². The second-order valence-electron chi connectivity index (χ2n) is 3.75. The zero-order valence-electron chi connectivity index (χ0n) is 9.87. The van der Waals surface area contributed by atoms with Crippen molar-refractivity contribution in [3.8, 4) is 0 Å². The predicted molar refractivity (Wildman–Crippen MR) is 67.4 cm³/mol. The number of hydrogen-bond donors (Lipinski definition) is 1. The molecular formula is C13H22N2. The fourth-order valence-corrected chi connectivity index (χ4v) is 1.91. The average Bonchev–Trinajstić information content (AvgIpc) is 2.27. The molecule has 2 heteroatoms. The predicted octanol–water partition coefficient (Wildman–Crippen LogP) is 2.42. The van der Waals surface area contributed by atoms with Gasteiger partial charge >= 0.3 is 0 Å². The lowest BCUT2D eigenvalue weighted by Crippen LogP contribution is -2.25. The van der Waals surface area contributed by atoms with Gasteiger partial charge < -0.3 is 10.6 Å². The third-order valence-electron chi connectivity index (χ3n) is 2.62. The number of benzene rings is 1. The van der Waals surface area contributed by atoms with Crippen molar-refractivity contribution < 1.29 is 0 Å². The van der Waals surface area contributed by atoms with Gasteiger partial charge in [-0.15, -0.1) is 0 Å². The zero-order chi connectivity index (χ0) is 11.1. The summed E-state index contributed by atoms with van der Waals surface area (Å²) >= 11 is 0. The van der Waals surface area contributed by atoms with E-state index < -0.39 is 0 Å². The Balaban J connectivity index is 2.88. The maximum atomic E-state index is 5.63. The SMILES string of the molecule is CCCN(CC)c1ccccc1CCN. The molecule has 84 valence electrons. The fourth-order valence-electron chi connectivity index (χ4n) is 1.91. The first-order valence-corrected chi connectivity index (χ1v) is 5.86. The summed E-state index contributed by atoms with van der Waals surface area (Å²) in [4.78, 5) is 2.42. The average molecular weight is 206 g/mol. The fraction of sp³-hybridized carbons (Fsp3) is 0.538. The van der Waals surface area contributed by atoms with E-state index in [1.807, 2.05) is 0 Å². The van der Waals surface area contributed by atoms with Crippen molar-refractivity contribution in [2.24, 2.45) is 5.73 Å². The molecule has 0 spiro atoms. The van der Waals surface area contributed by atoms with E-state index in [4.69, 9.17) is 5.73 Å². The van der Waals surface area contributed by atoms with Crippen LogP contribution in [-0.4, -0.2) is 19.6 Å². The van der Waals surface area contributed by atoms with Crippen molar-refractivity contribution in [1.29, 1.82) is 0 Å². The largest absolute Gasteiger partial charge is 0.372 e. The Morgan fingerprint density at radius 1 is 1.20 bits per heavy atom. The normalized spacial score (nSPS) is 10.3. The topological polar surface area (TPSA) is 29.3 Å². The molecule has 0 saturated carbocycles. The Morgan fingerprint density at radius 3 is 2.53 bits per heavy atom. The maximum absolute atomic E-state index is 5.63. The van der Waals surface area contributed by atoms with Crippen LogP contribution in [0.15, 0.2) is 24.3 Å². The van der Waals surface area contributed by atoms with Crippen molar-refractivity contribution in [2.45, 2.75) is 26.7 Å². The highest BCUT2D eigenvalue weighted by Crippen LogP contribution is 2.20. The lowest BCUT2D eigenvalue weighted by Gasteiger charge is -2.25. The van der Waals surface area contributed by atoms with Crippen LogP contribution >= 0.6 is 0 Å². The van der Waals surface area contributed by atoms with E-state index in [2.05, 4.69) is 43.0 Å². The van der Waals surface area contributed by atoms with Gasteiger partial charge in [0.2, 0.25) is 0 Å². The molecule has 1 aromatic carbocycles. The van der Waals surface area contributed by atoms with Crippen molar-refractivity contribution in [3.05, 3.63) is 29.8 Å². The summed E-state index contributed by atoms with van der Waals surface area (Å²) < 4.78 is 0. The summed E-state index contributed by atoms with van der Waals surface area (Å²) in [7, 11) is 0. The molecule has 0 radical (unpaired) electrons. The van der Waals surface area contributed by atoms with Crippen LogP contribution in [0.2, 0.25) is 0 Å². The second kappa shape index (κ2) is 6.46. The number of hydrogen-bond acceptors (Lipinski definition) is 2. The van der Waals surface area contributed by atoms with Gasteiger partial charge in [0.05, 0.1) is 0 Å². The van der Waals surface area contributed by atoms with Crippen LogP contribution in [0.4, 0.5) is 5.69 Å². The van der Waals surface area contributed by atoms with Gasteiger partial charge in [0.25, 0.3) is 0 Å². The number of nitrogens with zero attached hydrogens (tertiary/aromatic N) is 1. The highest BCUT2D eigenvalue weighted by Gasteiger charge is 2.07. The van der Waals surface area contributed by atoms with E-state index in [1.54, 1.807) is 0 Å². The van der Waals surface area contributed by atoms with Crippen LogP contribution < -0.4 is 10.6 Å². The summed E-state index contributed by atoms with van der Waals surface area (Å²) in [5, 5.41) is 0. The van der Waals surface area contributed by atoms with Gasteiger partial charge in [0.1, 0.15) is 0 Å². The summed E-state index contributed by atoms with van der Waals surface area (Å²) in [5.41, 5.74) is 8.35. The van der Waals surface area contributed by atoms with Gasteiger partial charge in [-0.05, 0) is 37.9 Å². The molecule has 15 heavy (non-hydrogen) atoms. The Hall–Kier alpha value is -1.02. The highest BCUT2D eigenvalue weighted by molar-refractivity contribution is 5.53. The summed E-state index contributed by atoms with van der Waals surface area (Å²) in [6.07, 6.45) is 2.15. The van der Waals surface area contributed by atoms with Crippen LogP contribution in [0.5, 0.6) is 0 Å². The monoisotopic (exact) mass is 206 g/mol. The van der Waals surface area contributed by atoms with Gasteiger partial charge in [-0.2, -0.15) is 0 Å². The first kappa shape index (κ1) is 12.1. The van der Waals surface area contributed by atoms with E-state index in [1.165, 1.54) is 17.7 Å². The van der Waals surface area contributed by atoms with Crippen molar-refractivity contribution in [2.75, 3.05) is 24.5 Å². The lowest BCUT2D eigenvalue weighted by molar-refractivity contribution is 0.783. The Bertz CT molecular complexity index is 284. The second-order valence-corrected chi connectivity index (χ2v) is 3.75. The molecule has 1 rings (SSSR count). The number of para-hydroxylation sites is 1. The molecule has 0 saturated heterocycles. The van der Waals surface area contributed by atoms with E-state index in [9.17, 15) is 0 Å². The molecule has 0 aliphatic rings. The van der Waals surface area contributed by atoms with Crippen LogP contribution in [0, 0.1) is 0 Å². The molecule has 0 aliphatic carbocycles. The van der Waals surface area contributed by atoms with Crippen molar-refractivity contribution in [3.63, 3.8) is 0 Å². The molecule has 0 aromatic heterocycles. The zero-order valence-corrected chi connectivity index (χ0v) is 9.87.